The lowest BCUT2D eigenvalue weighted by Crippen LogP contribution is -2.23. The lowest BCUT2D eigenvalue weighted by Gasteiger charge is -2.21. The predicted molar refractivity (Wildman–Crippen MR) is 134 cm³/mol. The molecule has 34 heavy (non-hydrogen) atoms. The standard InChI is InChI=1S/C27H21N5OS/c28-12-17-3-1-16(2-4-17)9-23(33)18-6-8-22-24(11-18)34-27-25(22)26(30-15-31-27)32-21-7-5-19-13-29-14-20(19)10-21/h1-5,7,10,14-15,18H,6,8-9,11,13H2,(H,30,31,32). The molecule has 1 N–H and O–H groups in total. The van der Waals surface area contributed by atoms with Crippen molar-refractivity contribution in [2.24, 2.45) is 10.9 Å². The van der Waals surface area contributed by atoms with E-state index in [0.717, 1.165) is 58.7 Å². The Labute approximate surface area is 201 Å². The van der Waals surface area contributed by atoms with Gasteiger partial charge in [0.2, 0.25) is 0 Å². The topological polar surface area (TPSA) is 91.0 Å². The molecule has 3 heterocycles. The monoisotopic (exact) mass is 463 g/mol. The van der Waals surface area contributed by atoms with Gasteiger partial charge in [-0.2, -0.15) is 5.26 Å². The first kappa shape index (κ1) is 20.7. The SMILES string of the molecule is N#Cc1ccc(CC(=O)C2CCc3c(sc4ncnc(Nc5ccc6c(c5)C=NC6)c34)C2)cc1. The number of carbonyl (C=O) groups is 1. The van der Waals surface area contributed by atoms with Crippen molar-refractivity contribution in [1.29, 1.82) is 5.26 Å². The van der Waals surface area contributed by atoms with Crippen LogP contribution in [0.15, 0.2) is 53.8 Å². The fourth-order valence-electron chi connectivity index (χ4n) is 4.84. The quantitative estimate of drug-likeness (QED) is 0.442. The second kappa shape index (κ2) is 8.47. The Morgan fingerprint density at radius 2 is 2.06 bits per heavy atom. The number of fused-ring (bicyclic) bond motifs is 4. The lowest BCUT2D eigenvalue weighted by molar-refractivity contribution is -0.122. The van der Waals surface area contributed by atoms with E-state index in [2.05, 4.69) is 44.5 Å². The molecule has 1 aliphatic carbocycles. The number of hydrogen-bond donors (Lipinski definition) is 1. The average molecular weight is 464 g/mol. The number of thiophene rings is 1. The summed E-state index contributed by atoms with van der Waals surface area (Å²) in [6, 6.07) is 15.7. The van der Waals surface area contributed by atoms with E-state index < -0.39 is 0 Å². The zero-order valence-electron chi connectivity index (χ0n) is 18.4. The van der Waals surface area contributed by atoms with Crippen molar-refractivity contribution in [3.8, 4) is 6.07 Å². The third-order valence-corrected chi connectivity index (χ3v) is 7.83. The molecule has 0 bridgehead atoms. The smallest absolute Gasteiger partial charge is 0.142 e. The number of Topliss-reactive ketones (excluding diaryl/α,β-unsaturated/α-hetero) is 1. The van der Waals surface area contributed by atoms with Gasteiger partial charge in [0.15, 0.2) is 0 Å². The van der Waals surface area contributed by atoms with E-state index in [-0.39, 0.29) is 11.7 Å². The Morgan fingerprint density at radius 3 is 2.91 bits per heavy atom. The number of hydrogen-bond acceptors (Lipinski definition) is 7. The van der Waals surface area contributed by atoms with Gasteiger partial charge in [0.25, 0.3) is 0 Å². The predicted octanol–water partition coefficient (Wildman–Crippen LogP) is 5.16. The summed E-state index contributed by atoms with van der Waals surface area (Å²) >= 11 is 1.68. The van der Waals surface area contributed by atoms with E-state index in [1.54, 1.807) is 29.8 Å². The van der Waals surface area contributed by atoms with E-state index in [1.807, 2.05) is 18.3 Å². The molecule has 6 nitrogen and oxygen atoms in total. The molecule has 1 unspecified atom stereocenters. The Morgan fingerprint density at radius 1 is 1.18 bits per heavy atom. The molecule has 1 aliphatic heterocycles. The van der Waals surface area contributed by atoms with Crippen LogP contribution in [0.2, 0.25) is 0 Å². The fraction of sp³-hybridized carbons (Fsp3) is 0.222. The molecule has 6 rings (SSSR count). The van der Waals surface area contributed by atoms with Gasteiger partial charge in [-0.1, -0.05) is 18.2 Å². The number of nitrogens with zero attached hydrogens (tertiary/aromatic N) is 4. The van der Waals surface area contributed by atoms with Crippen LogP contribution in [0.25, 0.3) is 10.2 Å². The fourth-order valence-corrected chi connectivity index (χ4v) is 6.11. The number of nitriles is 1. The number of carbonyl (C=O) groups excluding carboxylic acids is 1. The third kappa shape index (κ3) is 3.76. The second-order valence-corrected chi connectivity index (χ2v) is 9.89. The highest BCUT2D eigenvalue weighted by Crippen LogP contribution is 2.41. The van der Waals surface area contributed by atoms with Crippen LogP contribution in [-0.2, 0) is 30.6 Å². The minimum absolute atomic E-state index is 0.0107. The normalized spacial score (nSPS) is 16.1. The number of nitrogens with one attached hydrogen (secondary N) is 1. The summed E-state index contributed by atoms with van der Waals surface area (Å²) in [4.78, 5) is 28.7. The number of aromatic nitrogens is 2. The van der Waals surface area contributed by atoms with E-state index in [4.69, 9.17) is 5.26 Å². The van der Waals surface area contributed by atoms with Crippen LogP contribution in [0.4, 0.5) is 11.5 Å². The molecule has 2 aromatic heterocycles. The summed E-state index contributed by atoms with van der Waals surface area (Å²) in [5, 5.41) is 13.5. The van der Waals surface area contributed by atoms with E-state index in [1.165, 1.54) is 16.0 Å². The van der Waals surface area contributed by atoms with Gasteiger partial charge >= 0.3 is 0 Å². The van der Waals surface area contributed by atoms with Gasteiger partial charge in [-0.15, -0.1) is 11.3 Å². The number of benzene rings is 2. The maximum absolute atomic E-state index is 13.0. The van der Waals surface area contributed by atoms with Crippen LogP contribution in [0, 0.1) is 17.2 Å². The van der Waals surface area contributed by atoms with Crippen molar-refractivity contribution < 1.29 is 4.79 Å². The molecule has 1 atom stereocenters. The molecule has 2 aliphatic rings. The second-order valence-electron chi connectivity index (χ2n) is 8.81. The molecule has 166 valence electrons. The van der Waals surface area contributed by atoms with Crippen molar-refractivity contribution in [3.05, 3.63) is 81.5 Å². The highest BCUT2D eigenvalue weighted by atomic mass is 32.1. The maximum Gasteiger partial charge on any atom is 0.142 e. The molecule has 0 radical (unpaired) electrons. The molecule has 2 aromatic carbocycles. The Balaban J connectivity index is 1.24. The average Bonchev–Trinajstić information content (AvgIpc) is 3.48. The number of anilines is 2. The highest BCUT2D eigenvalue weighted by Gasteiger charge is 2.29. The molecule has 7 heteroatoms. The summed E-state index contributed by atoms with van der Waals surface area (Å²) in [5.41, 5.74) is 6.21. The minimum Gasteiger partial charge on any atom is -0.340 e. The Hall–Kier alpha value is -3.89. The summed E-state index contributed by atoms with van der Waals surface area (Å²) in [5.74, 6) is 1.09. The summed E-state index contributed by atoms with van der Waals surface area (Å²) in [6.07, 6.45) is 6.35. The molecule has 0 saturated heterocycles. The van der Waals surface area contributed by atoms with E-state index >= 15 is 0 Å². The summed E-state index contributed by atoms with van der Waals surface area (Å²) in [7, 11) is 0. The molecule has 0 fully saturated rings. The van der Waals surface area contributed by atoms with Crippen LogP contribution in [0.5, 0.6) is 0 Å². The first-order valence-corrected chi connectivity index (χ1v) is 12.2. The van der Waals surface area contributed by atoms with Gasteiger partial charge in [0.1, 0.15) is 22.8 Å². The Kier molecular flexibility index (Phi) is 5.16. The summed E-state index contributed by atoms with van der Waals surface area (Å²) < 4.78 is 0. The Bertz CT molecular complexity index is 1500. The minimum atomic E-state index is 0.0107. The zero-order valence-corrected chi connectivity index (χ0v) is 19.2. The number of aryl methyl sites for hydroxylation is 1. The maximum atomic E-state index is 13.0. The van der Waals surface area contributed by atoms with Crippen LogP contribution < -0.4 is 5.32 Å². The third-order valence-electron chi connectivity index (χ3n) is 6.66. The highest BCUT2D eigenvalue weighted by molar-refractivity contribution is 7.19. The van der Waals surface area contributed by atoms with Gasteiger partial charge in [0, 0.05) is 29.1 Å². The van der Waals surface area contributed by atoms with Gasteiger partial charge in [-0.05, 0) is 65.8 Å². The summed E-state index contributed by atoms with van der Waals surface area (Å²) in [6.45, 7) is 0.746. The largest absolute Gasteiger partial charge is 0.340 e. The van der Waals surface area contributed by atoms with Gasteiger partial charge in [0.05, 0.1) is 23.6 Å². The van der Waals surface area contributed by atoms with Crippen molar-refractivity contribution in [3.63, 3.8) is 0 Å². The molecule has 0 saturated carbocycles. The molecule has 0 spiro atoms. The van der Waals surface area contributed by atoms with Crippen LogP contribution in [-0.4, -0.2) is 22.0 Å². The molecular weight excluding hydrogens is 442 g/mol. The van der Waals surface area contributed by atoms with Crippen molar-refractivity contribution in [2.75, 3.05) is 5.32 Å². The van der Waals surface area contributed by atoms with E-state index in [9.17, 15) is 4.79 Å². The lowest BCUT2D eigenvalue weighted by atomic mass is 9.83. The van der Waals surface area contributed by atoms with Gasteiger partial charge in [-0.3, -0.25) is 9.79 Å². The molecule has 0 amide bonds. The first-order chi connectivity index (χ1) is 16.7. The van der Waals surface area contributed by atoms with Gasteiger partial charge in [-0.25, -0.2) is 9.97 Å². The van der Waals surface area contributed by atoms with Crippen molar-refractivity contribution in [2.45, 2.75) is 32.2 Å². The number of aliphatic imine (C=N–C) groups is 1. The zero-order chi connectivity index (χ0) is 23.1. The van der Waals surface area contributed by atoms with Crippen LogP contribution in [0.3, 0.4) is 0 Å². The van der Waals surface area contributed by atoms with Crippen LogP contribution >= 0.6 is 11.3 Å². The molecular formula is C27H21N5OS. The van der Waals surface area contributed by atoms with Crippen molar-refractivity contribution in [1.82, 2.24) is 9.97 Å². The van der Waals surface area contributed by atoms with Crippen LogP contribution in [0.1, 0.15) is 39.1 Å². The number of ketones is 1. The van der Waals surface area contributed by atoms with E-state index in [0.29, 0.717) is 12.0 Å². The number of rotatable bonds is 5. The molecule has 4 aromatic rings. The van der Waals surface area contributed by atoms with Gasteiger partial charge < -0.3 is 5.32 Å². The van der Waals surface area contributed by atoms with Crippen molar-refractivity contribution >= 4 is 45.1 Å². The first-order valence-electron chi connectivity index (χ1n) is 11.3.